The first-order chi connectivity index (χ1) is 13.2. The highest BCUT2D eigenvalue weighted by molar-refractivity contribution is 5.83. The third-order valence-electron chi connectivity index (χ3n) is 4.90. The average molecular weight is 384 g/mol. The van der Waals surface area contributed by atoms with E-state index in [1.165, 1.54) is 6.07 Å². The first kappa shape index (κ1) is 20.0. The summed E-state index contributed by atoms with van der Waals surface area (Å²) in [6, 6.07) is 8.48. The Morgan fingerprint density at radius 2 is 1.54 bits per heavy atom. The van der Waals surface area contributed by atoms with Crippen LogP contribution in [0.3, 0.4) is 0 Å². The number of aromatic amines is 2. The van der Waals surface area contributed by atoms with Gasteiger partial charge in [0, 0.05) is 57.0 Å². The van der Waals surface area contributed by atoms with E-state index >= 15 is 0 Å². The molecule has 0 saturated carbocycles. The highest BCUT2D eigenvalue weighted by atomic mass is 19.1. The molecule has 0 bridgehead atoms. The van der Waals surface area contributed by atoms with Gasteiger partial charge in [0.2, 0.25) is 0 Å². The molecule has 0 fully saturated rings. The molecule has 0 aliphatic heterocycles. The normalized spacial score (nSPS) is 13.4. The fourth-order valence-electron chi connectivity index (χ4n) is 3.38. The van der Waals surface area contributed by atoms with Crippen LogP contribution >= 0.6 is 0 Å². The summed E-state index contributed by atoms with van der Waals surface area (Å²) in [5.41, 5.74) is 15.8. The Bertz CT molecular complexity index is 1120. The smallest absolute Gasteiger partial charge is 0.132 e. The van der Waals surface area contributed by atoms with Crippen molar-refractivity contribution in [1.29, 1.82) is 0 Å². The summed E-state index contributed by atoms with van der Waals surface area (Å²) < 4.78 is 27.2. The molecule has 28 heavy (non-hydrogen) atoms. The molecule has 4 aromatic rings. The second-order valence-corrected chi connectivity index (χ2v) is 7.34. The van der Waals surface area contributed by atoms with Gasteiger partial charge in [-0.05, 0) is 58.0 Å². The Morgan fingerprint density at radius 1 is 0.893 bits per heavy atom. The van der Waals surface area contributed by atoms with Gasteiger partial charge >= 0.3 is 0 Å². The summed E-state index contributed by atoms with van der Waals surface area (Å²) in [7, 11) is 0. The van der Waals surface area contributed by atoms with Crippen molar-refractivity contribution in [1.82, 2.24) is 9.97 Å². The van der Waals surface area contributed by atoms with E-state index < -0.39 is 0 Å². The Balaban J connectivity index is 0.000000161. The fraction of sp³-hybridized carbons (Fsp3) is 0.273. The van der Waals surface area contributed by atoms with E-state index in [0.29, 0.717) is 16.7 Å². The molecule has 6 N–H and O–H groups in total. The highest BCUT2D eigenvalue weighted by Crippen LogP contribution is 2.26. The van der Waals surface area contributed by atoms with Gasteiger partial charge in [0.15, 0.2) is 0 Å². The number of fused-ring (bicyclic) bond motifs is 2. The van der Waals surface area contributed by atoms with E-state index in [4.69, 9.17) is 11.5 Å². The highest BCUT2D eigenvalue weighted by Gasteiger charge is 2.13. The number of aryl methyl sites for hydroxylation is 2. The maximum absolute atomic E-state index is 13.8. The van der Waals surface area contributed by atoms with Crippen LogP contribution in [0.15, 0.2) is 36.5 Å². The van der Waals surface area contributed by atoms with Crippen molar-refractivity contribution in [3.8, 4) is 0 Å². The molecule has 0 aliphatic carbocycles. The summed E-state index contributed by atoms with van der Waals surface area (Å²) in [5.74, 6) is -0.440. The monoisotopic (exact) mass is 384 g/mol. The summed E-state index contributed by atoms with van der Waals surface area (Å²) in [5, 5.41) is 2.02. The van der Waals surface area contributed by atoms with Gasteiger partial charge in [-0.1, -0.05) is 0 Å². The van der Waals surface area contributed by atoms with E-state index in [1.54, 1.807) is 32.9 Å². The van der Waals surface area contributed by atoms with E-state index in [1.807, 2.05) is 25.3 Å². The SMILES string of the molecule is Cc1c(F)c([C@@H](C)N)cc2cc[nH]c12.Cc1cc2cc([C@@H](C)N)c(F)cc2[nH]1. The van der Waals surface area contributed by atoms with Crippen LogP contribution in [0.5, 0.6) is 0 Å². The molecule has 6 heteroatoms. The van der Waals surface area contributed by atoms with Gasteiger partial charge in [-0.15, -0.1) is 0 Å². The van der Waals surface area contributed by atoms with Gasteiger partial charge in [-0.25, -0.2) is 8.78 Å². The lowest BCUT2D eigenvalue weighted by molar-refractivity contribution is 0.588. The molecule has 0 unspecified atom stereocenters. The first-order valence-corrected chi connectivity index (χ1v) is 9.25. The Morgan fingerprint density at radius 3 is 2.18 bits per heavy atom. The van der Waals surface area contributed by atoms with Gasteiger partial charge < -0.3 is 21.4 Å². The average Bonchev–Trinajstić information content (AvgIpc) is 3.22. The number of H-pyrrole nitrogens is 2. The minimum absolute atomic E-state index is 0.199. The number of benzene rings is 2. The van der Waals surface area contributed by atoms with E-state index in [2.05, 4.69) is 9.97 Å². The van der Waals surface area contributed by atoms with Crippen molar-refractivity contribution in [3.05, 3.63) is 70.5 Å². The van der Waals surface area contributed by atoms with Gasteiger partial charge in [0.25, 0.3) is 0 Å². The zero-order chi connectivity index (χ0) is 20.6. The molecule has 0 spiro atoms. The predicted octanol–water partition coefficient (Wildman–Crippen LogP) is 5.27. The molecule has 0 amide bonds. The Kier molecular flexibility index (Phi) is 5.54. The lowest BCUT2D eigenvalue weighted by Gasteiger charge is -2.10. The van der Waals surface area contributed by atoms with Crippen LogP contribution in [0, 0.1) is 25.5 Å². The number of hydrogen-bond acceptors (Lipinski definition) is 2. The predicted molar refractivity (Wildman–Crippen MR) is 111 cm³/mol. The zero-order valence-corrected chi connectivity index (χ0v) is 16.5. The molecular weight excluding hydrogens is 358 g/mol. The van der Waals surface area contributed by atoms with Crippen LogP contribution in [0.4, 0.5) is 8.78 Å². The number of rotatable bonds is 2. The number of nitrogens with two attached hydrogens (primary N) is 2. The largest absolute Gasteiger partial charge is 0.361 e. The van der Waals surface area contributed by atoms with Crippen LogP contribution in [0.25, 0.3) is 21.8 Å². The van der Waals surface area contributed by atoms with E-state index in [9.17, 15) is 8.78 Å². The molecule has 2 heterocycles. The second-order valence-electron chi connectivity index (χ2n) is 7.34. The summed E-state index contributed by atoms with van der Waals surface area (Å²) in [6.45, 7) is 7.28. The van der Waals surface area contributed by atoms with Gasteiger partial charge in [0.05, 0.1) is 5.52 Å². The molecule has 148 valence electrons. The standard InChI is InChI=1S/2C11H13FN2/c1-6-3-8-4-9(7(2)13)10(12)5-11(8)14-6;1-6-10(12)9(7(2)13)5-8-3-4-14-11(6)8/h2*3-5,7,14H,13H2,1-2H3/t2*7-/m11/s1. The van der Waals surface area contributed by atoms with Crippen LogP contribution in [-0.2, 0) is 0 Å². The molecule has 4 rings (SSSR count). The molecular formula is C22H26F2N4. The second kappa shape index (κ2) is 7.73. The number of nitrogens with one attached hydrogen (secondary N) is 2. The Hall–Kier alpha value is -2.70. The number of aromatic nitrogens is 2. The van der Waals surface area contributed by atoms with E-state index in [-0.39, 0.29) is 23.7 Å². The van der Waals surface area contributed by atoms with Crippen molar-refractivity contribution in [2.24, 2.45) is 11.5 Å². The first-order valence-electron chi connectivity index (χ1n) is 9.25. The van der Waals surface area contributed by atoms with Crippen LogP contribution < -0.4 is 11.5 Å². The van der Waals surface area contributed by atoms with Gasteiger partial charge in [0.1, 0.15) is 11.6 Å². The van der Waals surface area contributed by atoms with Gasteiger partial charge in [-0.2, -0.15) is 0 Å². The molecule has 2 aromatic heterocycles. The minimum Gasteiger partial charge on any atom is -0.361 e. The van der Waals surface area contributed by atoms with Crippen molar-refractivity contribution < 1.29 is 8.78 Å². The van der Waals surface area contributed by atoms with Crippen LogP contribution in [0.2, 0.25) is 0 Å². The van der Waals surface area contributed by atoms with Gasteiger partial charge in [-0.3, -0.25) is 0 Å². The maximum Gasteiger partial charge on any atom is 0.132 e. The minimum atomic E-state index is -0.270. The molecule has 0 saturated heterocycles. The maximum atomic E-state index is 13.8. The molecule has 0 aliphatic rings. The third kappa shape index (κ3) is 3.79. The van der Waals surface area contributed by atoms with Crippen molar-refractivity contribution in [2.75, 3.05) is 0 Å². The summed E-state index contributed by atoms with van der Waals surface area (Å²) >= 11 is 0. The van der Waals surface area contributed by atoms with E-state index in [0.717, 1.165) is 27.5 Å². The number of halogens is 2. The van der Waals surface area contributed by atoms with Crippen LogP contribution in [-0.4, -0.2) is 9.97 Å². The molecule has 4 nitrogen and oxygen atoms in total. The third-order valence-corrected chi connectivity index (χ3v) is 4.90. The van der Waals surface area contributed by atoms with Crippen LogP contribution in [0.1, 0.15) is 48.3 Å². The zero-order valence-electron chi connectivity index (χ0n) is 16.5. The van der Waals surface area contributed by atoms with Crippen molar-refractivity contribution in [2.45, 2.75) is 39.8 Å². The van der Waals surface area contributed by atoms with Crippen molar-refractivity contribution in [3.63, 3.8) is 0 Å². The quantitative estimate of drug-likeness (QED) is 0.380. The lowest BCUT2D eigenvalue weighted by atomic mass is 10.0. The summed E-state index contributed by atoms with van der Waals surface area (Å²) in [4.78, 5) is 6.10. The fourth-order valence-corrected chi connectivity index (χ4v) is 3.38. The summed E-state index contributed by atoms with van der Waals surface area (Å²) in [6.07, 6.45) is 1.81. The molecule has 0 radical (unpaired) electrons. The molecule has 2 atom stereocenters. The lowest BCUT2D eigenvalue weighted by Crippen LogP contribution is -2.08. The number of hydrogen-bond donors (Lipinski definition) is 4. The Labute approximate surface area is 162 Å². The molecule has 2 aromatic carbocycles. The van der Waals surface area contributed by atoms with Crippen molar-refractivity contribution >= 4 is 21.8 Å². The topological polar surface area (TPSA) is 83.6 Å².